The van der Waals surface area contributed by atoms with Crippen molar-refractivity contribution < 1.29 is 14.6 Å². The van der Waals surface area contributed by atoms with Crippen LogP contribution in [-0.2, 0) is 4.74 Å². The monoisotopic (exact) mass is 336 g/mol. The van der Waals surface area contributed by atoms with Gasteiger partial charge in [0.2, 0.25) is 0 Å². The van der Waals surface area contributed by atoms with Crippen molar-refractivity contribution in [2.24, 2.45) is 0 Å². The van der Waals surface area contributed by atoms with Crippen LogP contribution < -0.4 is 0 Å². The Kier molecular flexibility index (Phi) is 4.67. The zero-order chi connectivity index (χ0) is 16.5. The maximum atomic E-state index is 12.8. The van der Waals surface area contributed by atoms with Gasteiger partial charge in [-0.1, -0.05) is 0 Å². The lowest BCUT2D eigenvalue weighted by molar-refractivity contribution is -0.170. The van der Waals surface area contributed by atoms with Crippen molar-refractivity contribution in [1.82, 2.24) is 9.88 Å². The van der Waals surface area contributed by atoms with E-state index in [1.165, 1.54) is 11.8 Å². The Morgan fingerprint density at radius 2 is 2.13 bits per heavy atom. The molecule has 0 aliphatic carbocycles. The molecule has 0 bridgehead atoms. The number of ether oxygens (including phenoxy) is 1. The summed E-state index contributed by atoms with van der Waals surface area (Å²) in [4.78, 5) is 18.9. The van der Waals surface area contributed by atoms with Crippen molar-refractivity contribution in [1.29, 1.82) is 0 Å². The Hall–Kier alpha value is -1.11. The first-order valence-electron chi connectivity index (χ1n) is 8.09. The van der Waals surface area contributed by atoms with Gasteiger partial charge < -0.3 is 14.7 Å². The molecule has 3 rings (SSSR count). The fourth-order valence-electron chi connectivity index (χ4n) is 3.65. The molecule has 2 fully saturated rings. The highest BCUT2D eigenvalue weighted by atomic mass is 32.2. The number of carbonyl (C=O) groups is 1. The van der Waals surface area contributed by atoms with Gasteiger partial charge in [0.05, 0.1) is 23.4 Å². The largest absolute Gasteiger partial charge is 0.390 e. The summed E-state index contributed by atoms with van der Waals surface area (Å²) in [7, 11) is 0. The first-order chi connectivity index (χ1) is 10.9. The lowest BCUT2D eigenvalue weighted by Crippen LogP contribution is -2.54. The average molecular weight is 336 g/mol. The minimum absolute atomic E-state index is 0.0415. The number of nitrogens with zero attached hydrogens (tertiary/aromatic N) is 2. The van der Waals surface area contributed by atoms with Gasteiger partial charge >= 0.3 is 0 Å². The molecule has 1 aromatic rings. The van der Waals surface area contributed by atoms with Gasteiger partial charge in [0.1, 0.15) is 5.03 Å². The second kappa shape index (κ2) is 6.42. The number of pyridine rings is 1. The van der Waals surface area contributed by atoms with Gasteiger partial charge in [0.25, 0.3) is 5.91 Å². The zero-order valence-corrected chi connectivity index (χ0v) is 14.6. The molecule has 1 amide bonds. The average Bonchev–Trinajstić information content (AvgIpc) is 2.54. The minimum atomic E-state index is -0.653. The first kappa shape index (κ1) is 16.7. The van der Waals surface area contributed by atoms with Gasteiger partial charge in [-0.05, 0) is 44.6 Å². The third kappa shape index (κ3) is 3.54. The number of hydrogen-bond acceptors (Lipinski definition) is 5. The van der Waals surface area contributed by atoms with Gasteiger partial charge in [-0.15, -0.1) is 11.8 Å². The predicted octanol–water partition coefficient (Wildman–Crippen LogP) is 2.34. The van der Waals surface area contributed by atoms with Crippen molar-refractivity contribution >= 4 is 17.7 Å². The highest BCUT2D eigenvalue weighted by Gasteiger charge is 2.45. The number of rotatable bonds is 2. The van der Waals surface area contributed by atoms with Gasteiger partial charge in [-0.3, -0.25) is 4.79 Å². The SMILES string of the molecule is CSc1ncccc1C(=O)N1CCC2(CC1)CC(C)(O)CCO2. The fraction of sp³-hybridized carbons (Fsp3) is 0.647. The van der Waals surface area contributed by atoms with Crippen LogP contribution in [-0.4, -0.2) is 58.1 Å². The van der Waals surface area contributed by atoms with Gasteiger partial charge in [-0.25, -0.2) is 4.98 Å². The first-order valence-corrected chi connectivity index (χ1v) is 9.32. The number of hydrogen-bond donors (Lipinski definition) is 1. The number of thioether (sulfide) groups is 1. The number of likely N-dealkylation sites (tertiary alicyclic amines) is 1. The van der Waals surface area contributed by atoms with Crippen molar-refractivity contribution in [2.75, 3.05) is 26.0 Å². The minimum Gasteiger partial charge on any atom is -0.390 e. The van der Waals surface area contributed by atoms with Crippen LogP contribution in [0.15, 0.2) is 23.4 Å². The molecular weight excluding hydrogens is 312 g/mol. The van der Waals surface area contributed by atoms with Crippen LogP contribution in [0.1, 0.15) is 43.0 Å². The van der Waals surface area contributed by atoms with Crippen LogP contribution >= 0.6 is 11.8 Å². The number of piperidine rings is 1. The Labute approximate surface area is 141 Å². The van der Waals surface area contributed by atoms with Gasteiger partial charge in [0, 0.05) is 25.7 Å². The van der Waals surface area contributed by atoms with E-state index in [1.54, 1.807) is 12.3 Å². The van der Waals surface area contributed by atoms with E-state index in [0.29, 0.717) is 38.1 Å². The molecule has 2 saturated heterocycles. The topological polar surface area (TPSA) is 62.7 Å². The molecule has 1 unspecified atom stereocenters. The van der Waals surface area contributed by atoms with Crippen molar-refractivity contribution in [2.45, 2.75) is 48.8 Å². The molecule has 3 heterocycles. The number of carbonyl (C=O) groups excluding carboxylic acids is 1. The fourth-order valence-corrected chi connectivity index (χ4v) is 4.19. The molecule has 0 saturated carbocycles. The van der Waals surface area contributed by atoms with Crippen LogP contribution in [0, 0.1) is 0 Å². The Balaban J connectivity index is 1.68. The van der Waals surface area contributed by atoms with Crippen molar-refractivity contribution in [3.05, 3.63) is 23.9 Å². The summed E-state index contributed by atoms with van der Waals surface area (Å²) in [6.07, 6.45) is 6.55. The third-order valence-electron chi connectivity index (χ3n) is 4.91. The molecule has 0 aromatic carbocycles. The summed E-state index contributed by atoms with van der Waals surface area (Å²) in [5, 5.41) is 11.1. The Morgan fingerprint density at radius 1 is 1.39 bits per heavy atom. The standard InChI is InChI=1S/C17H24N2O3S/c1-16(21)7-11-22-17(12-16)5-9-19(10-6-17)15(20)13-4-3-8-18-14(13)23-2/h3-4,8,21H,5-7,9-12H2,1-2H3. The zero-order valence-electron chi connectivity index (χ0n) is 13.7. The molecule has 1 N–H and O–H groups in total. The number of amides is 1. The molecule has 1 spiro atoms. The van der Waals surface area contributed by atoms with Crippen LogP contribution in [0.5, 0.6) is 0 Å². The second-order valence-corrected chi connectivity index (χ2v) is 7.60. The van der Waals surface area contributed by atoms with Crippen molar-refractivity contribution in [3.8, 4) is 0 Å². The highest BCUT2D eigenvalue weighted by Crippen LogP contribution is 2.39. The Morgan fingerprint density at radius 3 is 2.78 bits per heavy atom. The molecular formula is C17H24N2O3S. The van der Waals surface area contributed by atoms with Crippen LogP contribution in [0.4, 0.5) is 0 Å². The maximum Gasteiger partial charge on any atom is 0.256 e. The highest BCUT2D eigenvalue weighted by molar-refractivity contribution is 7.98. The van der Waals surface area contributed by atoms with Gasteiger partial charge in [-0.2, -0.15) is 0 Å². The normalized spacial score (nSPS) is 27.2. The third-order valence-corrected chi connectivity index (χ3v) is 5.62. The molecule has 5 nitrogen and oxygen atoms in total. The van der Waals surface area contributed by atoms with E-state index in [0.717, 1.165) is 17.9 Å². The molecule has 23 heavy (non-hydrogen) atoms. The lowest BCUT2D eigenvalue weighted by atomic mass is 9.78. The summed E-state index contributed by atoms with van der Waals surface area (Å²) >= 11 is 1.49. The van der Waals surface area contributed by atoms with E-state index in [1.807, 2.05) is 24.1 Å². The predicted molar refractivity (Wildman–Crippen MR) is 89.7 cm³/mol. The summed E-state index contributed by atoms with van der Waals surface area (Å²) in [5.74, 6) is 0.0415. The van der Waals surface area contributed by atoms with Crippen LogP contribution in [0.3, 0.4) is 0 Å². The van der Waals surface area contributed by atoms with E-state index in [9.17, 15) is 9.90 Å². The van der Waals surface area contributed by atoms with E-state index < -0.39 is 5.60 Å². The summed E-state index contributed by atoms with van der Waals surface area (Å²) in [6, 6.07) is 3.65. The maximum absolute atomic E-state index is 12.8. The number of aliphatic hydroxyl groups is 1. The molecule has 2 aliphatic rings. The smallest absolute Gasteiger partial charge is 0.256 e. The van der Waals surface area contributed by atoms with Crippen LogP contribution in [0.2, 0.25) is 0 Å². The van der Waals surface area contributed by atoms with E-state index >= 15 is 0 Å². The van der Waals surface area contributed by atoms with Crippen LogP contribution in [0.25, 0.3) is 0 Å². The molecule has 2 aliphatic heterocycles. The molecule has 1 atom stereocenters. The lowest BCUT2D eigenvalue weighted by Gasteiger charge is -2.48. The summed E-state index contributed by atoms with van der Waals surface area (Å²) in [6.45, 7) is 3.81. The van der Waals surface area contributed by atoms with Gasteiger partial charge in [0.15, 0.2) is 0 Å². The molecule has 1 aromatic heterocycles. The quantitative estimate of drug-likeness (QED) is 0.840. The summed E-state index contributed by atoms with van der Waals surface area (Å²) < 4.78 is 6.01. The molecule has 126 valence electrons. The van der Waals surface area contributed by atoms with E-state index in [2.05, 4.69) is 4.98 Å². The van der Waals surface area contributed by atoms with Crippen molar-refractivity contribution in [3.63, 3.8) is 0 Å². The molecule has 6 heteroatoms. The second-order valence-electron chi connectivity index (χ2n) is 6.81. The van der Waals surface area contributed by atoms with E-state index in [4.69, 9.17) is 4.74 Å². The van der Waals surface area contributed by atoms with E-state index in [-0.39, 0.29) is 11.5 Å². The molecule has 0 radical (unpaired) electrons. The number of aromatic nitrogens is 1. The Bertz CT molecular complexity index is 583. The summed E-state index contributed by atoms with van der Waals surface area (Å²) in [5.41, 5.74) is -0.247.